The van der Waals surface area contributed by atoms with Gasteiger partial charge in [0.05, 0.1) is 5.69 Å². The molecule has 1 spiro atoms. The average Bonchev–Trinajstić information content (AvgIpc) is 2.90. The van der Waals surface area contributed by atoms with Gasteiger partial charge in [0.2, 0.25) is 5.95 Å². The molecule has 2 N–H and O–H groups in total. The summed E-state index contributed by atoms with van der Waals surface area (Å²) >= 11 is 0. The highest BCUT2D eigenvalue weighted by Crippen LogP contribution is 2.50. The Morgan fingerprint density at radius 2 is 1.69 bits per heavy atom. The summed E-state index contributed by atoms with van der Waals surface area (Å²) in [6.45, 7) is 2.42. The normalized spacial score (nSPS) is 18.4. The number of anilines is 3. The van der Waals surface area contributed by atoms with Gasteiger partial charge >= 0.3 is 6.09 Å². The molecule has 35 heavy (non-hydrogen) atoms. The fourth-order valence-corrected chi connectivity index (χ4v) is 5.53. The molecule has 3 aliphatic rings. The quantitative estimate of drug-likeness (QED) is 0.540. The summed E-state index contributed by atoms with van der Waals surface area (Å²) in [5, 5.41) is 12.5. The fourth-order valence-electron chi connectivity index (χ4n) is 5.53. The van der Waals surface area contributed by atoms with Gasteiger partial charge in [-0.3, -0.25) is 0 Å². The van der Waals surface area contributed by atoms with Gasteiger partial charge in [-0.1, -0.05) is 24.6 Å². The zero-order chi connectivity index (χ0) is 23.8. The fraction of sp³-hybridized carbons (Fsp3) is 0.370. The van der Waals surface area contributed by atoms with Crippen LogP contribution in [0.25, 0.3) is 11.1 Å². The lowest BCUT2D eigenvalue weighted by Crippen LogP contribution is -2.48. The Morgan fingerprint density at radius 3 is 2.43 bits per heavy atom. The number of hydrogen-bond acceptors (Lipinski definition) is 6. The molecular formula is C27H29N5O3. The Kier molecular flexibility index (Phi) is 5.43. The van der Waals surface area contributed by atoms with Crippen molar-refractivity contribution in [2.24, 2.45) is 0 Å². The number of ether oxygens (including phenoxy) is 1. The highest BCUT2D eigenvalue weighted by atomic mass is 16.5. The van der Waals surface area contributed by atoms with Crippen molar-refractivity contribution in [3.05, 3.63) is 60.4 Å². The smallest absolute Gasteiger partial charge is 0.407 e. The molecule has 1 aromatic heterocycles. The third-order valence-corrected chi connectivity index (χ3v) is 7.40. The maximum Gasteiger partial charge on any atom is 0.407 e. The van der Waals surface area contributed by atoms with Crippen molar-refractivity contribution in [1.82, 2.24) is 14.9 Å². The number of nitrogens with one attached hydrogen (secondary N) is 1. The maximum atomic E-state index is 11.1. The molecule has 2 aromatic carbocycles. The second kappa shape index (κ2) is 8.76. The Labute approximate surface area is 204 Å². The predicted molar refractivity (Wildman–Crippen MR) is 134 cm³/mol. The molecule has 1 saturated carbocycles. The molecule has 0 atom stereocenters. The number of rotatable bonds is 3. The number of fused-ring (bicyclic) bond motifs is 4. The SMILES string of the molecule is O=C(O)N1CCN(c2ccc(Nc3ncc4c(n3)C3(CCCCC3)Oc3ccccc3-4)cc2)CC1. The van der Waals surface area contributed by atoms with E-state index in [1.807, 2.05) is 36.5 Å². The first-order chi connectivity index (χ1) is 17.1. The van der Waals surface area contributed by atoms with E-state index >= 15 is 0 Å². The molecule has 8 nitrogen and oxygen atoms in total. The number of nitrogens with zero attached hydrogens (tertiary/aromatic N) is 4. The van der Waals surface area contributed by atoms with Gasteiger partial charge in [-0.15, -0.1) is 0 Å². The van der Waals surface area contributed by atoms with E-state index in [1.165, 1.54) is 11.3 Å². The average molecular weight is 472 g/mol. The third kappa shape index (κ3) is 4.03. The first-order valence-corrected chi connectivity index (χ1v) is 12.4. The highest BCUT2D eigenvalue weighted by molar-refractivity contribution is 5.75. The highest BCUT2D eigenvalue weighted by Gasteiger charge is 2.43. The molecule has 3 aromatic rings. The van der Waals surface area contributed by atoms with Crippen molar-refractivity contribution in [2.45, 2.75) is 37.7 Å². The summed E-state index contributed by atoms with van der Waals surface area (Å²) in [4.78, 5) is 24.5. The Balaban J connectivity index is 1.23. The molecule has 1 saturated heterocycles. The molecule has 1 aliphatic carbocycles. The van der Waals surface area contributed by atoms with Crippen LogP contribution in [-0.2, 0) is 5.60 Å². The number of benzene rings is 2. The summed E-state index contributed by atoms with van der Waals surface area (Å²) in [6.07, 6.45) is 6.52. The molecule has 2 fully saturated rings. The van der Waals surface area contributed by atoms with E-state index in [-0.39, 0.29) is 5.60 Å². The van der Waals surface area contributed by atoms with Crippen LogP contribution in [0.4, 0.5) is 22.1 Å². The molecule has 180 valence electrons. The summed E-state index contributed by atoms with van der Waals surface area (Å²) in [6, 6.07) is 16.3. The van der Waals surface area contributed by atoms with E-state index in [9.17, 15) is 4.79 Å². The minimum Gasteiger partial charge on any atom is -0.480 e. The number of amides is 1. The van der Waals surface area contributed by atoms with Crippen molar-refractivity contribution in [3.63, 3.8) is 0 Å². The zero-order valence-electron chi connectivity index (χ0n) is 19.6. The summed E-state index contributed by atoms with van der Waals surface area (Å²) < 4.78 is 6.63. The first-order valence-electron chi connectivity index (χ1n) is 12.4. The van der Waals surface area contributed by atoms with Crippen molar-refractivity contribution in [1.29, 1.82) is 0 Å². The van der Waals surface area contributed by atoms with Crippen LogP contribution in [0, 0.1) is 0 Å². The van der Waals surface area contributed by atoms with E-state index < -0.39 is 6.09 Å². The zero-order valence-corrected chi connectivity index (χ0v) is 19.6. The van der Waals surface area contributed by atoms with Crippen LogP contribution in [0.5, 0.6) is 5.75 Å². The second-order valence-corrected chi connectivity index (χ2v) is 9.54. The predicted octanol–water partition coefficient (Wildman–Crippen LogP) is 5.24. The van der Waals surface area contributed by atoms with Crippen LogP contribution < -0.4 is 15.0 Å². The van der Waals surface area contributed by atoms with Gasteiger partial charge in [-0.2, -0.15) is 0 Å². The van der Waals surface area contributed by atoms with E-state index in [4.69, 9.17) is 14.8 Å². The number of carbonyl (C=O) groups is 1. The van der Waals surface area contributed by atoms with Gasteiger partial charge in [0.25, 0.3) is 0 Å². The van der Waals surface area contributed by atoms with Crippen molar-refractivity contribution < 1.29 is 14.6 Å². The van der Waals surface area contributed by atoms with Gasteiger partial charge < -0.3 is 25.0 Å². The summed E-state index contributed by atoms with van der Waals surface area (Å²) in [5.74, 6) is 1.49. The van der Waals surface area contributed by atoms with Gasteiger partial charge in [0.1, 0.15) is 5.75 Å². The standard InChI is InChI=1S/C27H29N5O3/c33-26(34)32-16-14-31(15-17-32)20-10-8-19(9-11-20)29-25-28-18-22-21-6-2-3-7-23(21)35-27(24(22)30-25)12-4-1-5-13-27/h2-3,6-11,18H,1,4-5,12-17H2,(H,33,34)(H,28,29,30). The number of carboxylic acid groups (broad SMARTS) is 1. The van der Waals surface area contributed by atoms with Gasteiger partial charge in [-0.05, 0) is 56.0 Å². The minimum absolute atomic E-state index is 0.386. The molecule has 0 bridgehead atoms. The summed E-state index contributed by atoms with van der Waals surface area (Å²) in [5.41, 5.74) is 4.71. The van der Waals surface area contributed by atoms with Crippen LogP contribution in [0.1, 0.15) is 37.8 Å². The lowest BCUT2D eigenvalue weighted by molar-refractivity contribution is 0.0198. The Hall–Kier alpha value is -3.81. The second-order valence-electron chi connectivity index (χ2n) is 9.54. The van der Waals surface area contributed by atoms with Gasteiger partial charge in [-0.25, -0.2) is 14.8 Å². The van der Waals surface area contributed by atoms with Crippen LogP contribution in [-0.4, -0.2) is 52.2 Å². The Bertz CT molecular complexity index is 1230. The van der Waals surface area contributed by atoms with E-state index in [0.29, 0.717) is 32.1 Å². The van der Waals surface area contributed by atoms with E-state index in [2.05, 4.69) is 33.4 Å². The number of hydrogen-bond donors (Lipinski definition) is 2. The first kappa shape index (κ1) is 21.7. The van der Waals surface area contributed by atoms with Crippen molar-refractivity contribution >= 4 is 23.4 Å². The van der Waals surface area contributed by atoms with E-state index in [0.717, 1.165) is 59.6 Å². The molecular weight excluding hydrogens is 442 g/mol. The molecule has 1 amide bonds. The minimum atomic E-state index is -0.849. The lowest BCUT2D eigenvalue weighted by Gasteiger charge is -2.41. The van der Waals surface area contributed by atoms with Crippen molar-refractivity contribution in [3.8, 4) is 16.9 Å². The van der Waals surface area contributed by atoms with Crippen LogP contribution >= 0.6 is 0 Å². The Morgan fingerprint density at radius 1 is 0.943 bits per heavy atom. The monoisotopic (exact) mass is 471 g/mol. The third-order valence-electron chi connectivity index (χ3n) is 7.40. The number of aromatic nitrogens is 2. The maximum absolute atomic E-state index is 11.1. The largest absolute Gasteiger partial charge is 0.480 e. The van der Waals surface area contributed by atoms with Crippen LogP contribution in [0.2, 0.25) is 0 Å². The molecule has 0 unspecified atom stereocenters. The molecule has 8 heteroatoms. The molecule has 0 radical (unpaired) electrons. The van der Waals surface area contributed by atoms with Gasteiger partial charge in [0, 0.05) is 54.9 Å². The molecule has 3 heterocycles. The summed E-state index contributed by atoms with van der Waals surface area (Å²) in [7, 11) is 0. The molecule has 2 aliphatic heterocycles. The molecule has 6 rings (SSSR count). The van der Waals surface area contributed by atoms with Crippen LogP contribution in [0.15, 0.2) is 54.7 Å². The number of piperazine rings is 1. The topological polar surface area (TPSA) is 90.8 Å². The van der Waals surface area contributed by atoms with Gasteiger partial charge in [0.15, 0.2) is 5.60 Å². The lowest BCUT2D eigenvalue weighted by atomic mass is 9.78. The number of para-hydroxylation sites is 1. The van der Waals surface area contributed by atoms with Crippen molar-refractivity contribution in [2.75, 3.05) is 36.4 Å². The van der Waals surface area contributed by atoms with E-state index in [1.54, 1.807) is 0 Å². The van der Waals surface area contributed by atoms with Crippen LogP contribution in [0.3, 0.4) is 0 Å².